The van der Waals surface area contributed by atoms with Gasteiger partial charge >= 0.3 is 0 Å². The zero-order valence-electron chi connectivity index (χ0n) is 14.4. The standard InChI is InChI=1S/C20H23BrN2O/c1-13-10-15(19(24)23(2)3)16(18(21)11-13)12-20(22)9-8-14-6-4-5-7-17(14)20/h4-7,10-11H,8-9,12,22H2,1-3H3. The Balaban J connectivity index is 2.06. The van der Waals surface area contributed by atoms with Gasteiger partial charge in [-0.25, -0.2) is 0 Å². The van der Waals surface area contributed by atoms with E-state index in [2.05, 4.69) is 40.2 Å². The molecule has 1 amide bonds. The maximum atomic E-state index is 12.7. The molecule has 0 bridgehead atoms. The highest BCUT2D eigenvalue weighted by atomic mass is 79.9. The normalized spacial score (nSPS) is 19.2. The van der Waals surface area contributed by atoms with E-state index in [1.165, 1.54) is 11.1 Å². The van der Waals surface area contributed by atoms with Gasteiger partial charge in [-0.2, -0.15) is 0 Å². The first-order valence-corrected chi connectivity index (χ1v) is 8.99. The third-order valence-electron chi connectivity index (χ3n) is 4.86. The number of hydrogen-bond donors (Lipinski definition) is 1. The van der Waals surface area contributed by atoms with E-state index in [-0.39, 0.29) is 5.91 Å². The van der Waals surface area contributed by atoms with Gasteiger partial charge < -0.3 is 10.6 Å². The molecule has 3 rings (SSSR count). The molecule has 2 aromatic rings. The Morgan fingerprint density at radius 1 is 1.29 bits per heavy atom. The summed E-state index contributed by atoms with van der Waals surface area (Å²) < 4.78 is 0.960. The van der Waals surface area contributed by atoms with Crippen molar-refractivity contribution in [3.05, 3.63) is 68.7 Å². The van der Waals surface area contributed by atoms with Crippen LogP contribution in [-0.4, -0.2) is 24.9 Å². The lowest BCUT2D eigenvalue weighted by molar-refractivity contribution is 0.0826. The SMILES string of the molecule is Cc1cc(Br)c(CC2(N)CCc3ccccc32)c(C(=O)N(C)C)c1. The number of fused-ring (bicyclic) bond motifs is 1. The summed E-state index contributed by atoms with van der Waals surface area (Å²) in [6, 6.07) is 12.4. The summed E-state index contributed by atoms with van der Waals surface area (Å²) in [4.78, 5) is 14.3. The van der Waals surface area contributed by atoms with Gasteiger partial charge in [0.15, 0.2) is 0 Å². The van der Waals surface area contributed by atoms with Crippen molar-refractivity contribution in [2.45, 2.75) is 31.7 Å². The molecule has 1 atom stereocenters. The Kier molecular flexibility index (Phi) is 4.54. The van der Waals surface area contributed by atoms with Crippen molar-refractivity contribution >= 4 is 21.8 Å². The molecule has 0 aliphatic heterocycles. The molecule has 24 heavy (non-hydrogen) atoms. The maximum absolute atomic E-state index is 12.7. The Bertz CT molecular complexity index is 800. The summed E-state index contributed by atoms with van der Waals surface area (Å²) in [5, 5.41) is 0. The van der Waals surface area contributed by atoms with Crippen LogP contribution in [0.3, 0.4) is 0 Å². The topological polar surface area (TPSA) is 46.3 Å². The number of aryl methyl sites for hydroxylation is 2. The Morgan fingerprint density at radius 3 is 2.71 bits per heavy atom. The first kappa shape index (κ1) is 17.2. The fourth-order valence-electron chi connectivity index (χ4n) is 3.60. The Labute approximate surface area is 152 Å². The summed E-state index contributed by atoms with van der Waals surface area (Å²) in [5.74, 6) is 0.0179. The highest BCUT2D eigenvalue weighted by Gasteiger charge is 2.36. The number of benzene rings is 2. The van der Waals surface area contributed by atoms with Gasteiger partial charge in [-0.15, -0.1) is 0 Å². The largest absolute Gasteiger partial charge is 0.345 e. The average molecular weight is 387 g/mol. The van der Waals surface area contributed by atoms with Gasteiger partial charge in [0.05, 0.1) is 0 Å². The van der Waals surface area contributed by atoms with Crippen molar-refractivity contribution < 1.29 is 4.79 Å². The van der Waals surface area contributed by atoms with Gasteiger partial charge in [0, 0.05) is 29.7 Å². The number of carbonyl (C=O) groups excluding carboxylic acids is 1. The molecule has 4 heteroatoms. The minimum Gasteiger partial charge on any atom is -0.345 e. The lowest BCUT2D eigenvalue weighted by Crippen LogP contribution is -2.37. The lowest BCUT2D eigenvalue weighted by Gasteiger charge is -2.28. The lowest BCUT2D eigenvalue weighted by atomic mass is 9.84. The molecular weight excluding hydrogens is 364 g/mol. The van der Waals surface area contributed by atoms with E-state index in [0.29, 0.717) is 6.42 Å². The molecule has 2 N–H and O–H groups in total. The third kappa shape index (κ3) is 3.01. The molecule has 0 heterocycles. The second kappa shape index (κ2) is 6.34. The molecule has 126 valence electrons. The fourth-order valence-corrected chi connectivity index (χ4v) is 4.31. The van der Waals surface area contributed by atoms with E-state index < -0.39 is 5.54 Å². The predicted molar refractivity (Wildman–Crippen MR) is 101 cm³/mol. The first-order valence-electron chi connectivity index (χ1n) is 8.20. The summed E-state index contributed by atoms with van der Waals surface area (Å²) in [6.07, 6.45) is 2.55. The zero-order valence-corrected chi connectivity index (χ0v) is 16.0. The van der Waals surface area contributed by atoms with E-state index >= 15 is 0 Å². The van der Waals surface area contributed by atoms with Gasteiger partial charge in [-0.3, -0.25) is 4.79 Å². The molecular formula is C20H23BrN2O. The third-order valence-corrected chi connectivity index (χ3v) is 5.57. The number of rotatable bonds is 3. The van der Waals surface area contributed by atoms with Crippen LogP contribution in [0.4, 0.5) is 0 Å². The van der Waals surface area contributed by atoms with Crippen LogP contribution in [0.25, 0.3) is 0 Å². The van der Waals surface area contributed by atoms with Gasteiger partial charge in [0.1, 0.15) is 0 Å². The molecule has 3 nitrogen and oxygen atoms in total. The smallest absolute Gasteiger partial charge is 0.253 e. The van der Waals surface area contributed by atoms with Gasteiger partial charge in [0.25, 0.3) is 5.91 Å². The molecule has 1 aliphatic carbocycles. The van der Waals surface area contributed by atoms with Crippen molar-refractivity contribution in [2.75, 3.05) is 14.1 Å². The highest BCUT2D eigenvalue weighted by Crippen LogP contribution is 2.39. The first-order chi connectivity index (χ1) is 11.3. The summed E-state index contributed by atoms with van der Waals surface area (Å²) >= 11 is 3.66. The van der Waals surface area contributed by atoms with Crippen LogP contribution in [0.1, 0.15) is 39.0 Å². The summed E-state index contributed by atoms with van der Waals surface area (Å²) in [7, 11) is 3.57. The van der Waals surface area contributed by atoms with Crippen LogP contribution in [0, 0.1) is 6.92 Å². The quantitative estimate of drug-likeness (QED) is 0.871. The van der Waals surface area contributed by atoms with Gasteiger partial charge in [-0.05, 0) is 60.6 Å². The minimum atomic E-state index is -0.421. The fraction of sp³-hybridized carbons (Fsp3) is 0.350. The summed E-state index contributed by atoms with van der Waals surface area (Å²) in [5.41, 5.74) is 11.7. The molecule has 0 saturated heterocycles. The maximum Gasteiger partial charge on any atom is 0.253 e. The van der Waals surface area contributed by atoms with Crippen molar-refractivity contribution in [2.24, 2.45) is 5.73 Å². The molecule has 0 spiro atoms. The Hall–Kier alpha value is -1.65. The second-order valence-corrected chi connectivity index (χ2v) is 7.82. The van der Waals surface area contributed by atoms with Crippen LogP contribution < -0.4 is 5.73 Å². The predicted octanol–water partition coefficient (Wildman–Crippen LogP) is 3.80. The number of nitrogens with two attached hydrogens (primary N) is 1. The monoisotopic (exact) mass is 386 g/mol. The van der Waals surface area contributed by atoms with Crippen LogP contribution in [0.2, 0.25) is 0 Å². The second-order valence-electron chi connectivity index (χ2n) is 6.96. The van der Waals surface area contributed by atoms with E-state index in [1.54, 1.807) is 19.0 Å². The van der Waals surface area contributed by atoms with Crippen LogP contribution in [-0.2, 0) is 18.4 Å². The van der Waals surface area contributed by atoms with Gasteiger partial charge in [0.2, 0.25) is 0 Å². The molecule has 0 aromatic heterocycles. The van der Waals surface area contributed by atoms with E-state index in [0.717, 1.165) is 34.0 Å². The van der Waals surface area contributed by atoms with Crippen LogP contribution in [0.5, 0.6) is 0 Å². The molecule has 0 radical (unpaired) electrons. The number of amides is 1. The average Bonchev–Trinajstić information content (AvgIpc) is 2.87. The molecule has 0 saturated carbocycles. The molecule has 2 aromatic carbocycles. The van der Waals surface area contributed by atoms with Gasteiger partial charge in [-0.1, -0.05) is 40.2 Å². The number of carbonyl (C=O) groups is 1. The zero-order chi connectivity index (χ0) is 17.5. The summed E-state index contributed by atoms with van der Waals surface area (Å²) in [6.45, 7) is 2.00. The van der Waals surface area contributed by atoms with Crippen molar-refractivity contribution in [1.29, 1.82) is 0 Å². The Morgan fingerprint density at radius 2 is 2.00 bits per heavy atom. The van der Waals surface area contributed by atoms with E-state index in [4.69, 9.17) is 5.73 Å². The number of halogens is 1. The van der Waals surface area contributed by atoms with Crippen LogP contribution >= 0.6 is 15.9 Å². The number of nitrogens with zero attached hydrogens (tertiary/aromatic N) is 1. The number of hydrogen-bond acceptors (Lipinski definition) is 2. The van der Waals surface area contributed by atoms with E-state index in [1.807, 2.05) is 19.1 Å². The molecule has 1 unspecified atom stereocenters. The van der Waals surface area contributed by atoms with Crippen molar-refractivity contribution in [3.63, 3.8) is 0 Å². The highest BCUT2D eigenvalue weighted by molar-refractivity contribution is 9.10. The van der Waals surface area contributed by atoms with Crippen LogP contribution in [0.15, 0.2) is 40.9 Å². The van der Waals surface area contributed by atoms with Crippen molar-refractivity contribution in [3.8, 4) is 0 Å². The molecule has 1 aliphatic rings. The minimum absolute atomic E-state index is 0.0179. The van der Waals surface area contributed by atoms with Crippen molar-refractivity contribution in [1.82, 2.24) is 4.90 Å². The van der Waals surface area contributed by atoms with E-state index in [9.17, 15) is 4.79 Å². The molecule has 0 fully saturated rings.